The summed E-state index contributed by atoms with van der Waals surface area (Å²) in [6.45, 7) is 3.64. The number of hydrogen-bond donors (Lipinski definition) is 2. The summed E-state index contributed by atoms with van der Waals surface area (Å²) in [6, 6.07) is 22.0. The first kappa shape index (κ1) is 26.6. The summed E-state index contributed by atoms with van der Waals surface area (Å²) in [4.78, 5) is 26.6. The van der Waals surface area contributed by atoms with Gasteiger partial charge in [0.05, 0.1) is 13.2 Å². The van der Waals surface area contributed by atoms with Crippen LogP contribution in [0.25, 0.3) is 0 Å². The third-order valence-electron chi connectivity index (χ3n) is 4.98. The highest BCUT2D eigenvalue weighted by Gasteiger charge is 2.12. The average Bonchev–Trinajstić information content (AvgIpc) is 2.86. The maximum absolute atomic E-state index is 12.8. The first-order valence-corrected chi connectivity index (χ1v) is 11.8. The zero-order valence-corrected chi connectivity index (χ0v) is 21.0. The van der Waals surface area contributed by atoms with Gasteiger partial charge in [0.15, 0.2) is 11.5 Å². The van der Waals surface area contributed by atoms with E-state index in [1.54, 1.807) is 23.1 Å². The first-order valence-electron chi connectivity index (χ1n) is 11.8. The van der Waals surface area contributed by atoms with Crippen molar-refractivity contribution in [3.8, 4) is 17.2 Å². The van der Waals surface area contributed by atoms with Crippen LogP contribution >= 0.6 is 0 Å². The Kier molecular flexibility index (Phi) is 10.1. The lowest BCUT2D eigenvalue weighted by Crippen LogP contribution is -2.27. The topological polar surface area (TPSA) is 89.1 Å². The molecule has 190 valence electrons. The van der Waals surface area contributed by atoms with Gasteiger partial charge in [-0.1, -0.05) is 30.3 Å². The van der Waals surface area contributed by atoms with E-state index in [0.717, 1.165) is 11.3 Å². The van der Waals surface area contributed by atoms with Crippen molar-refractivity contribution in [1.82, 2.24) is 10.2 Å². The second kappa shape index (κ2) is 13.7. The molecule has 2 amide bonds. The molecular formula is C28H33N3O5. The second-order valence-electron chi connectivity index (χ2n) is 8.27. The number of hydrogen-bond acceptors (Lipinski definition) is 6. The summed E-state index contributed by atoms with van der Waals surface area (Å²) >= 11 is 0. The molecule has 3 aromatic carbocycles. The number of para-hydroxylation sites is 1. The summed E-state index contributed by atoms with van der Waals surface area (Å²) in [7, 11) is 3.67. The standard InChI is InChI=1S/C28H33N3O5/c1-4-34-26-18-22(13-14-25(26)36-16-15-35-24-11-6-5-7-12-24)28(33)29-19-21-9-8-10-23(17-21)30-27(32)20-31(2)3/h5-14,17-18H,4,15-16,19-20H2,1-3H3,(H,29,33)(H,30,32). The summed E-state index contributed by atoms with van der Waals surface area (Å²) in [5.41, 5.74) is 2.01. The lowest BCUT2D eigenvalue weighted by molar-refractivity contribution is -0.116. The van der Waals surface area contributed by atoms with Crippen molar-refractivity contribution in [2.24, 2.45) is 0 Å². The van der Waals surface area contributed by atoms with Crippen LogP contribution in [0.4, 0.5) is 5.69 Å². The molecule has 0 aliphatic carbocycles. The van der Waals surface area contributed by atoms with E-state index in [-0.39, 0.29) is 11.8 Å². The number of ether oxygens (including phenoxy) is 3. The van der Waals surface area contributed by atoms with E-state index >= 15 is 0 Å². The Morgan fingerprint density at radius 1 is 0.833 bits per heavy atom. The van der Waals surface area contributed by atoms with Crippen LogP contribution in [-0.4, -0.2) is 57.2 Å². The molecule has 2 N–H and O–H groups in total. The molecule has 8 heteroatoms. The summed E-state index contributed by atoms with van der Waals surface area (Å²) in [5.74, 6) is 1.48. The molecule has 0 heterocycles. The maximum atomic E-state index is 12.8. The number of nitrogens with one attached hydrogen (secondary N) is 2. The number of benzene rings is 3. The zero-order valence-electron chi connectivity index (χ0n) is 21.0. The predicted molar refractivity (Wildman–Crippen MR) is 140 cm³/mol. The van der Waals surface area contributed by atoms with Gasteiger partial charge in [-0.15, -0.1) is 0 Å². The van der Waals surface area contributed by atoms with Crippen molar-refractivity contribution in [1.29, 1.82) is 0 Å². The largest absolute Gasteiger partial charge is 0.490 e. The van der Waals surface area contributed by atoms with Crippen LogP contribution in [0.2, 0.25) is 0 Å². The Morgan fingerprint density at radius 3 is 2.36 bits per heavy atom. The highest BCUT2D eigenvalue weighted by Crippen LogP contribution is 2.28. The second-order valence-corrected chi connectivity index (χ2v) is 8.27. The smallest absolute Gasteiger partial charge is 0.251 e. The lowest BCUT2D eigenvalue weighted by Gasteiger charge is -2.14. The van der Waals surface area contributed by atoms with Crippen LogP contribution in [0.3, 0.4) is 0 Å². The van der Waals surface area contributed by atoms with E-state index in [4.69, 9.17) is 14.2 Å². The van der Waals surface area contributed by atoms with Crippen LogP contribution < -0.4 is 24.8 Å². The van der Waals surface area contributed by atoms with Crippen molar-refractivity contribution in [3.63, 3.8) is 0 Å². The molecule has 0 aromatic heterocycles. The normalized spacial score (nSPS) is 10.6. The summed E-state index contributed by atoms with van der Waals surface area (Å²) in [6.07, 6.45) is 0. The number of carbonyl (C=O) groups is 2. The lowest BCUT2D eigenvalue weighted by atomic mass is 10.1. The minimum absolute atomic E-state index is 0.0985. The number of likely N-dealkylation sites (N-methyl/N-ethyl adjacent to an activating group) is 1. The Bertz CT molecular complexity index is 1140. The highest BCUT2D eigenvalue weighted by atomic mass is 16.5. The molecule has 0 saturated heterocycles. The number of amides is 2. The molecule has 0 aliphatic heterocycles. The van der Waals surface area contributed by atoms with Crippen LogP contribution in [0.1, 0.15) is 22.8 Å². The van der Waals surface area contributed by atoms with Gasteiger partial charge >= 0.3 is 0 Å². The van der Waals surface area contributed by atoms with Crippen molar-refractivity contribution in [2.45, 2.75) is 13.5 Å². The van der Waals surface area contributed by atoms with Gasteiger partial charge in [0.2, 0.25) is 5.91 Å². The van der Waals surface area contributed by atoms with Gasteiger partial charge < -0.3 is 29.7 Å². The van der Waals surface area contributed by atoms with Crippen molar-refractivity contribution in [2.75, 3.05) is 45.8 Å². The van der Waals surface area contributed by atoms with Crippen LogP contribution in [0, 0.1) is 0 Å². The molecule has 0 radical (unpaired) electrons. The van der Waals surface area contributed by atoms with Crippen LogP contribution in [-0.2, 0) is 11.3 Å². The fourth-order valence-electron chi connectivity index (χ4n) is 3.40. The minimum atomic E-state index is -0.239. The van der Waals surface area contributed by atoms with E-state index in [9.17, 15) is 9.59 Å². The van der Waals surface area contributed by atoms with E-state index < -0.39 is 0 Å². The highest BCUT2D eigenvalue weighted by molar-refractivity contribution is 5.95. The van der Waals surface area contributed by atoms with Crippen molar-refractivity contribution >= 4 is 17.5 Å². The van der Waals surface area contributed by atoms with Gasteiger partial charge in [-0.3, -0.25) is 9.59 Å². The molecule has 3 rings (SSSR count). The maximum Gasteiger partial charge on any atom is 0.251 e. The quantitative estimate of drug-likeness (QED) is 0.352. The van der Waals surface area contributed by atoms with E-state index in [2.05, 4.69) is 10.6 Å². The SMILES string of the molecule is CCOc1cc(C(=O)NCc2cccc(NC(=O)CN(C)C)c2)ccc1OCCOc1ccccc1. The van der Waals surface area contributed by atoms with Gasteiger partial charge in [0.25, 0.3) is 5.91 Å². The fraction of sp³-hybridized carbons (Fsp3) is 0.286. The Labute approximate surface area is 212 Å². The fourth-order valence-corrected chi connectivity index (χ4v) is 3.40. The third-order valence-corrected chi connectivity index (χ3v) is 4.98. The molecule has 36 heavy (non-hydrogen) atoms. The molecule has 0 atom stereocenters. The summed E-state index contributed by atoms with van der Waals surface area (Å²) in [5, 5.41) is 5.77. The van der Waals surface area contributed by atoms with Crippen molar-refractivity contribution in [3.05, 3.63) is 83.9 Å². The number of rotatable bonds is 13. The molecule has 0 bridgehead atoms. The number of anilines is 1. The molecule has 0 aliphatic rings. The minimum Gasteiger partial charge on any atom is -0.490 e. The number of nitrogens with zero attached hydrogens (tertiary/aromatic N) is 1. The third kappa shape index (κ3) is 8.63. The van der Waals surface area contributed by atoms with E-state index in [1.165, 1.54) is 0 Å². The van der Waals surface area contributed by atoms with E-state index in [0.29, 0.717) is 55.7 Å². The Hall–Kier alpha value is -4.04. The van der Waals surface area contributed by atoms with Gasteiger partial charge in [0.1, 0.15) is 19.0 Å². The predicted octanol–water partition coefficient (Wildman–Crippen LogP) is 3.97. The Balaban J connectivity index is 1.55. The van der Waals surface area contributed by atoms with Crippen LogP contribution in [0.15, 0.2) is 72.8 Å². The van der Waals surface area contributed by atoms with Gasteiger partial charge in [-0.2, -0.15) is 0 Å². The van der Waals surface area contributed by atoms with E-state index in [1.807, 2.05) is 75.6 Å². The van der Waals surface area contributed by atoms with Gasteiger partial charge in [0, 0.05) is 17.8 Å². The van der Waals surface area contributed by atoms with Crippen molar-refractivity contribution < 1.29 is 23.8 Å². The zero-order chi connectivity index (χ0) is 25.8. The molecule has 0 spiro atoms. The Morgan fingerprint density at radius 2 is 1.61 bits per heavy atom. The first-order chi connectivity index (χ1) is 17.4. The van der Waals surface area contributed by atoms with Gasteiger partial charge in [-0.05, 0) is 69.0 Å². The molecule has 3 aromatic rings. The molecular weight excluding hydrogens is 458 g/mol. The molecule has 0 fully saturated rings. The van der Waals surface area contributed by atoms with Gasteiger partial charge in [-0.25, -0.2) is 0 Å². The monoisotopic (exact) mass is 491 g/mol. The molecule has 8 nitrogen and oxygen atoms in total. The summed E-state index contributed by atoms with van der Waals surface area (Å²) < 4.78 is 17.2. The average molecular weight is 492 g/mol. The molecule has 0 saturated carbocycles. The van der Waals surface area contributed by atoms with Crippen LogP contribution in [0.5, 0.6) is 17.2 Å². The number of carbonyl (C=O) groups excluding carboxylic acids is 2. The molecule has 0 unspecified atom stereocenters.